The standard InChI is InChI=1S/C34H39O8P.H3N.2Na.13H2/c1-3-5-7-9-11-13-15-17-19-21-23-25-27-29-34(36)42-32(31-41-43(37,38)39)30-40-33(35)28-26-24-22-20-18-16-14-12-10-8-6-4-2;;;;;;;;;;;;;;;;/h2,32H,3,5,7,9,11,13,15,17,19,21,23,25,27,29-31H2,1H3,(H2,37,38,39);1H3;;;13*1H/q;;2*+1;;;;;;;;;;;;;/p-2/t32-;;;;;;;;;;;;;;;;/m1................/s1. The Hall–Kier alpha value is -2.07. The van der Waals surface area contributed by atoms with Crippen LogP contribution in [-0.2, 0) is 28.2 Å². The van der Waals surface area contributed by atoms with Gasteiger partial charge in [-0.1, -0.05) is 84.0 Å². The molecule has 12 heteroatoms. The third kappa shape index (κ3) is 40.0. The van der Waals surface area contributed by atoms with Crippen LogP contribution in [0.5, 0.6) is 0 Å². The van der Waals surface area contributed by atoms with Crippen LogP contribution in [0.4, 0.5) is 0 Å². The molecule has 0 aliphatic rings. The first-order valence-corrected chi connectivity index (χ1v) is 15.7. The van der Waals surface area contributed by atoms with Crippen LogP contribution >= 0.6 is 7.82 Å². The molecule has 0 aliphatic carbocycles. The summed E-state index contributed by atoms with van der Waals surface area (Å²) in [7, 11) is -5.32. The number of terminal acetylenes is 1. The SMILES string of the molecule is C#CC#CC#CC#CC#CC#CC#CC(=O)OC[C@H](COP(=O)([O-])[O-])OC(=O)CCCCCCCCCCCCCCC.N.[HH].[HH].[HH].[HH].[HH].[HH].[HH].[HH].[HH].[HH].[HH].[HH].[HH].[Na+].[Na+]. The topological polar surface area (TPSA) is 160 Å². The van der Waals surface area contributed by atoms with Crippen LogP contribution in [-0.4, -0.2) is 31.3 Å². The molecular weight excluding hydrogens is 627 g/mol. The van der Waals surface area contributed by atoms with E-state index >= 15 is 0 Å². The van der Waals surface area contributed by atoms with Crippen molar-refractivity contribution < 1.29 is 116 Å². The van der Waals surface area contributed by atoms with E-state index in [0.29, 0.717) is 6.42 Å². The maximum atomic E-state index is 12.2. The molecule has 1 atom stereocenters. The second kappa shape index (κ2) is 37.4. The zero-order valence-electron chi connectivity index (χ0n) is 27.4. The number of esters is 2. The zero-order valence-corrected chi connectivity index (χ0v) is 32.3. The van der Waals surface area contributed by atoms with Crippen molar-refractivity contribution in [1.82, 2.24) is 6.15 Å². The Morgan fingerprint density at radius 1 is 0.696 bits per heavy atom. The number of carbonyl (C=O) groups excluding carboxylic acids is 2. The van der Waals surface area contributed by atoms with Crippen molar-refractivity contribution in [2.75, 3.05) is 13.2 Å². The van der Waals surface area contributed by atoms with Gasteiger partial charge >= 0.3 is 71.1 Å². The molecule has 262 valence electrons. The molecule has 0 rings (SSSR count). The van der Waals surface area contributed by atoms with Crippen LogP contribution < -0.4 is 75.1 Å². The summed E-state index contributed by atoms with van der Waals surface area (Å²) in [6, 6.07) is 0. The Bertz CT molecular complexity index is 1380. The molecule has 0 radical (unpaired) electrons. The minimum Gasteiger partial charge on any atom is -0.790 e. The normalized spacial score (nSPS) is 9.26. The van der Waals surface area contributed by atoms with Crippen molar-refractivity contribution in [2.24, 2.45) is 0 Å². The second-order valence-electron chi connectivity index (χ2n) is 9.09. The largest absolute Gasteiger partial charge is 1.00 e. The molecule has 46 heavy (non-hydrogen) atoms. The van der Waals surface area contributed by atoms with Crippen LogP contribution in [0.2, 0.25) is 0 Å². The number of rotatable bonds is 20. The molecule has 0 aromatic heterocycles. The summed E-state index contributed by atoms with van der Waals surface area (Å²) in [4.78, 5) is 45.7. The van der Waals surface area contributed by atoms with Crippen LogP contribution in [0.3, 0.4) is 0 Å². The van der Waals surface area contributed by atoms with Gasteiger partial charge in [-0.2, -0.15) is 0 Å². The molecule has 0 amide bonds. The Morgan fingerprint density at radius 3 is 1.54 bits per heavy atom. The number of phosphoric acid groups is 1. The predicted octanol–water partition coefficient (Wildman–Crippen LogP) is 0.790. The molecule has 0 spiro atoms. The van der Waals surface area contributed by atoms with E-state index in [1.165, 1.54) is 57.8 Å². The van der Waals surface area contributed by atoms with Crippen molar-refractivity contribution in [3.63, 3.8) is 0 Å². The van der Waals surface area contributed by atoms with Gasteiger partial charge < -0.3 is 34.5 Å². The van der Waals surface area contributed by atoms with Crippen molar-refractivity contribution in [3.05, 3.63) is 0 Å². The predicted molar refractivity (Wildman–Crippen MR) is 193 cm³/mol. The van der Waals surface area contributed by atoms with E-state index in [1.807, 2.05) is 0 Å². The third-order valence-corrected chi connectivity index (χ3v) is 5.93. The van der Waals surface area contributed by atoms with Gasteiger partial charge in [0.05, 0.1) is 14.4 Å². The minimum absolute atomic E-state index is 0. The van der Waals surface area contributed by atoms with E-state index in [1.54, 1.807) is 0 Å². The van der Waals surface area contributed by atoms with Crippen LogP contribution in [0.1, 0.15) is 115 Å². The average Bonchev–Trinajstić information content (AvgIpc) is 2.97. The van der Waals surface area contributed by atoms with Gasteiger partial charge in [0.1, 0.15) is 6.61 Å². The van der Waals surface area contributed by atoms with Gasteiger partial charge in [-0.05, 0) is 77.5 Å². The van der Waals surface area contributed by atoms with Gasteiger partial charge in [-0.25, -0.2) is 4.79 Å². The number of carbonyl (C=O) groups is 2. The average molecular weight is 694 g/mol. The summed E-state index contributed by atoms with van der Waals surface area (Å²) in [5.41, 5.74) is 0. The third-order valence-electron chi connectivity index (χ3n) is 5.46. The molecule has 0 saturated heterocycles. The number of ether oxygens (including phenoxy) is 2. The summed E-state index contributed by atoms with van der Waals surface area (Å²) < 4.78 is 25.0. The molecule has 0 aliphatic heterocycles. The molecular formula is C34H66NNa2O8P. The Labute approximate surface area is 339 Å². The molecule has 0 aromatic carbocycles. The fourth-order valence-electron chi connectivity index (χ4n) is 3.43. The quantitative estimate of drug-likeness (QED) is 0.0486. The molecule has 3 N–H and O–H groups in total. The molecule has 0 heterocycles. The van der Waals surface area contributed by atoms with Gasteiger partial charge in [0.25, 0.3) is 0 Å². The van der Waals surface area contributed by atoms with Crippen molar-refractivity contribution >= 4 is 19.8 Å². The molecule has 0 aromatic rings. The van der Waals surface area contributed by atoms with Crippen LogP contribution in [0, 0.1) is 83.4 Å². The summed E-state index contributed by atoms with van der Waals surface area (Å²) in [5, 5.41) is 0. The summed E-state index contributed by atoms with van der Waals surface area (Å²) in [6.07, 6.45) is 18.8. The number of hydrogen-bond acceptors (Lipinski definition) is 9. The van der Waals surface area contributed by atoms with E-state index in [-0.39, 0.29) is 90.2 Å². The molecule has 0 bridgehead atoms. The monoisotopic (exact) mass is 693 g/mol. The van der Waals surface area contributed by atoms with Gasteiger partial charge in [-0.3, -0.25) is 4.79 Å². The van der Waals surface area contributed by atoms with Gasteiger partial charge in [-0.15, -0.1) is 6.42 Å². The molecule has 0 saturated carbocycles. The van der Waals surface area contributed by atoms with E-state index in [9.17, 15) is 23.9 Å². The Morgan fingerprint density at radius 2 is 1.11 bits per heavy atom. The number of hydrogen-bond donors (Lipinski definition) is 1. The second-order valence-corrected chi connectivity index (χ2v) is 10.2. The van der Waals surface area contributed by atoms with E-state index in [4.69, 9.17) is 15.9 Å². The van der Waals surface area contributed by atoms with Crippen LogP contribution in [0.25, 0.3) is 0 Å². The zero-order chi connectivity index (χ0) is 31.9. The smallest absolute Gasteiger partial charge is 0.790 e. The summed E-state index contributed by atoms with van der Waals surface area (Å²) >= 11 is 0. The fourth-order valence-corrected chi connectivity index (χ4v) is 3.78. The number of unbranched alkanes of at least 4 members (excludes halogenated alkanes) is 12. The van der Waals surface area contributed by atoms with Crippen molar-refractivity contribution in [1.29, 1.82) is 0 Å². The van der Waals surface area contributed by atoms with Gasteiger partial charge in [0.2, 0.25) is 0 Å². The minimum atomic E-state index is -5.32. The first-order valence-electron chi connectivity index (χ1n) is 14.3. The van der Waals surface area contributed by atoms with E-state index in [2.05, 4.69) is 88.4 Å². The number of phosphoric ester groups is 1. The molecule has 0 fully saturated rings. The first kappa shape index (κ1) is 50.8. The Kier molecular flexibility index (Phi) is 41.3. The van der Waals surface area contributed by atoms with E-state index in [0.717, 1.165) is 19.3 Å². The molecule has 9 nitrogen and oxygen atoms in total. The summed E-state index contributed by atoms with van der Waals surface area (Å²) in [5.74, 6) is 28.4. The van der Waals surface area contributed by atoms with Gasteiger partial charge in [0.15, 0.2) is 6.10 Å². The molecule has 0 unspecified atom stereocenters. The van der Waals surface area contributed by atoms with Crippen LogP contribution in [0.15, 0.2) is 0 Å². The van der Waals surface area contributed by atoms with Crippen molar-refractivity contribution in [2.45, 2.75) is 103 Å². The van der Waals surface area contributed by atoms with E-state index < -0.39 is 39.1 Å². The maximum Gasteiger partial charge on any atom is 1.00 e. The van der Waals surface area contributed by atoms with Gasteiger partial charge in [0, 0.05) is 30.9 Å². The maximum absolute atomic E-state index is 12.2. The Balaban J connectivity index is -0.0000000735. The summed E-state index contributed by atoms with van der Waals surface area (Å²) in [6.45, 7) is 0.871. The van der Waals surface area contributed by atoms with Crippen molar-refractivity contribution in [3.8, 4) is 83.4 Å². The fraction of sp³-hybridized carbons (Fsp3) is 0.529. The first-order chi connectivity index (χ1) is 20.8.